The van der Waals surface area contributed by atoms with E-state index in [1.54, 1.807) is 6.92 Å². The number of likely N-dealkylation sites (tertiary alicyclic amines) is 1. The first-order valence-corrected chi connectivity index (χ1v) is 8.04. The van der Waals surface area contributed by atoms with Gasteiger partial charge in [-0.15, -0.1) is 0 Å². The Labute approximate surface area is 123 Å². The molecule has 0 bridgehead atoms. The molecule has 0 saturated carbocycles. The Hall–Kier alpha value is -0.650. The van der Waals surface area contributed by atoms with Crippen LogP contribution in [0.25, 0.3) is 0 Å². The van der Waals surface area contributed by atoms with Crippen LogP contribution in [-0.2, 0) is 4.79 Å². The van der Waals surface area contributed by atoms with Crippen molar-refractivity contribution in [1.82, 2.24) is 20.0 Å². The molecule has 1 N–H and O–H groups in total. The van der Waals surface area contributed by atoms with Crippen LogP contribution >= 0.6 is 0 Å². The quantitative estimate of drug-likeness (QED) is 0.783. The van der Waals surface area contributed by atoms with E-state index in [9.17, 15) is 4.79 Å². The topological polar surface area (TPSA) is 38.8 Å². The average Bonchev–Trinajstić information content (AvgIpc) is 2.42. The molecule has 2 aliphatic rings. The summed E-state index contributed by atoms with van der Waals surface area (Å²) in [7, 11) is 2.20. The Balaban J connectivity index is 1.54. The SMILES string of the molecule is CC(=O)NC1CCN(CCCN2CCN(C)CC2)CC1. The van der Waals surface area contributed by atoms with Crippen LogP contribution in [0.1, 0.15) is 26.2 Å². The smallest absolute Gasteiger partial charge is 0.217 e. The summed E-state index contributed by atoms with van der Waals surface area (Å²) in [5.41, 5.74) is 0. The average molecular weight is 282 g/mol. The van der Waals surface area contributed by atoms with Gasteiger partial charge in [0.1, 0.15) is 0 Å². The zero-order valence-corrected chi connectivity index (χ0v) is 13.1. The molecule has 0 aromatic carbocycles. The van der Waals surface area contributed by atoms with Crippen LogP contribution in [0.4, 0.5) is 0 Å². The molecular weight excluding hydrogens is 252 g/mol. The highest BCUT2D eigenvalue weighted by atomic mass is 16.1. The van der Waals surface area contributed by atoms with Crippen LogP contribution in [0, 0.1) is 0 Å². The minimum absolute atomic E-state index is 0.110. The molecule has 2 saturated heterocycles. The maximum atomic E-state index is 11.0. The van der Waals surface area contributed by atoms with Gasteiger partial charge in [0.05, 0.1) is 0 Å². The van der Waals surface area contributed by atoms with Crippen molar-refractivity contribution in [1.29, 1.82) is 0 Å². The van der Waals surface area contributed by atoms with Crippen LogP contribution in [0.2, 0.25) is 0 Å². The Kier molecular flexibility index (Phi) is 6.26. The third kappa shape index (κ3) is 5.38. The van der Waals surface area contributed by atoms with Crippen molar-refractivity contribution in [2.45, 2.75) is 32.2 Å². The summed E-state index contributed by atoms with van der Waals surface area (Å²) in [4.78, 5) is 18.6. The van der Waals surface area contributed by atoms with E-state index in [2.05, 4.69) is 27.1 Å². The van der Waals surface area contributed by atoms with Crippen LogP contribution < -0.4 is 5.32 Å². The van der Waals surface area contributed by atoms with Gasteiger partial charge in [-0.25, -0.2) is 0 Å². The zero-order chi connectivity index (χ0) is 14.4. The Morgan fingerprint density at radius 1 is 1.00 bits per heavy atom. The summed E-state index contributed by atoms with van der Waals surface area (Å²) in [6.45, 7) is 11.2. The van der Waals surface area contributed by atoms with E-state index >= 15 is 0 Å². The van der Waals surface area contributed by atoms with Crippen LogP contribution in [0.5, 0.6) is 0 Å². The maximum Gasteiger partial charge on any atom is 0.217 e. The number of amides is 1. The molecule has 0 aromatic heterocycles. The number of rotatable bonds is 5. The number of piperidine rings is 1. The third-order valence-corrected chi connectivity index (χ3v) is 4.54. The molecule has 2 rings (SSSR count). The standard InChI is InChI=1S/C15H30N4O/c1-14(20)16-15-4-8-18(9-5-15)6-3-7-19-12-10-17(2)11-13-19/h15H,3-13H2,1-2H3,(H,16,20). The molecule has 20 heavy (non-hydrogen) atoms. The van der Waals surface area contributed by atoms with Gasteiger partial charge in [0, 0.05) is 52.2 Å². The molecular formula is C15H30N4O. The number of carbonyl (C=O) groups excluding carboxylic acids is 1. The van der Waals surface area contributed by atoms with Crippen LogP contribution in [0.3, 0.4) is 0 Å². The summed E-state index contributed by atoms with van der Waals surface area (Å²) in [5, 5.41) is 3.04. The van der Waals surface area contributed by atoms with Crippen molar-refractivity contribution in [2.24, 2.45) is 0 Å². The molecule has 0 atom stereocenters. The first-order chi connectivity index (χ1) is 9.63. The fourth-order valence-electron chi connectivity index (χ4n) is 3.18. The van der Waals surface area contributed by atoms with Gasteiger partial charge in [-0.3, -0.25) is 4.79 Å². The largest absolute Gasteiger partial charge is 0.354 e. The highest BCUT2D eigenvalue weighted by molar-refractivity contribution is 5.73. The lowest BCUT2D eigenvalue weighted by atomic mass is 10.0. The van der Waals surface area contributed by atoms with E-state index in [0.717, 1.165) is 25.9 Å². The number of likely N-dealkylation sites (N-methyl/N-ethyl adjacent to an activating group) is 1. The molecule has 116 valence electrons. The normalized spacial score (nSPS) is 23.9. The predicted octanol–water partition coefficient (Wildman–Crippen LogP) is 0.224. The molecule has 5 heteroatoms. The van der Waals surface area contributed by atoms with Gasteiger partial charge in [-0.2, -0.15) is 0 Å². The lowest BCUT2D eigenvalue weighted by Crippen LogP contribution is -2.46. The first kappa shape index (κ1) is 15.7. The van der Waals surface area contributed by atoms with Gasteiger partial charge in [0.2, 0.25) is 5.91 Å². The summed E-state index contributed by atoms with van der Waals surface area (Å²) in [6, 6.07) is 0.404. The van der Waals surface area contributed by atoms with E-state index in [4.69, 9.17) is 0 Å². The summed E-state index contributed by atoms with van der Waals surface area (Å²) in [6.07, 6.45) is 3.48. The number of carbonyl (C=O) groups is 1. The molecule has 1 amide bonds. The van der Waals surface area contributed by atoms with E-state index in [1.165, 1.54) is 45.7 Å². The monoisotopic (exact) mass is 282 g/mol. The van der Waals surface area contributed by atoms with Crippen LogP contribution in [-0.4, -0.2) is 86.1 Å². The molecule has 0 radical (unpaired) electrons. The van der Waals surface area contributed by atoms with Gasteiger partial charge >= 0.3 is 0 Å². The molecule has 2 fully saturated rings. The number of nitrogens with one attached hydrogen (secondary N) is 1. The van der Waals surface area contributed by atoms with Crippen molar-refractivity contribution in [3.05, 3.63) is 0 Å². The van der Waals surface area contributed by atoms with Gasteiger partial charge in [-0.05, 0) is 39.4 Å². The van der Waals surface area contributed by atoms with E-state index in [0.29, 0.717) is 6.04 Å². The highest BCUT2D eigenvalue weighted by Gasteiger charge is 2.19. The summed E-state index contributed by atoms with van der Waals surface area (Å²) in [5.74, 6) is 0.110. The van der Waals surface area contributed by atoms with Gasteiger partial charge in [0.15, 0.2) is 0 Å². The van der Waals surface area contributed by atoms with Crippen molar-refractivity contribution < 1.29 is 4.79 Å². The molecule has 0 spiro atoms. The van der Waals surface area contributed by atoms with Crippen molar-refractivity contribution in [3.8, 4) is 0 Å². The lowest BCUT2D eigenvalue weighted by Gasteiger charge is -2.34. The first-order valence-electron chi connectivity index (χ1n) is 8.04. The van der Waals surface area contributed by atoms with Gasteiger partial charge < -0.3 is 20.0 Å². The van der Waals surface area contributed by atoms with E-state index in [-0.39, 0.29) is 5.91 Å². The number of hydrogen-bond donors (Lipinski definition) is 1. The second kappa shape index (κ2) is 7.96. The van der Waals surface area contributed by atoms with Crippen molar-refractivity contribution >= 4 is 5.91 Å². The zero-order valence-electron chi connectivity index (χ0n) is 13.1. The summed E-state index contributed by atoms with van der Waals surface area (Å²) < 4.78 is 0. The second-order valence-corrected chi connectivity index (χ2v) is 6.31. The van der Waals surface area contributed by atoms with Crippen LogP contribution in [0.15, 0.2) is 0 Å². The molecule has 0 aromatic rings. The molecule has 5 nitrogen and oxygen atoms in total. The minimum Gasteiger partial charge on any atom is -0.354 e. The number of piperazine rings is 1. The Morgan fingerprint density at radius 2 is 1.55 bits per heavy atom. The van der Waals surface area contributed by atoms with Gasteiger partial charge in [0.25, 0.3) is 0 Å². The van der Waals surface area contributed by atoms with Crippen molar-refractivity contribution in [2.75, 3.05) is 59.4 Å². The fraction of sp³-hybridized carbons (Fsp3) is 0.933. The number of hydrogen-bond acceptors (Lipinski definition) is 4. The Bertz CT molecular complexity index is 294. The fourth-order valence-corrected chi connectivity index (χ4v) is 3.18. The summed E-state index contributed by atoms with van der Waals surface area (Å²) >= 11 is 0. The molecule has 2 aliphatic heterocycles. The Morgan fingerprint density at radius 3 is 2.10 bits per heavy atom. The van der Waals surface area contributed by atoms with E-state index < -0.39 is 0 Å². The maximum absolute atomic E-state index is 11.0. The molecule has 0 aliphatic carbocycles. The van der Waals surface area contributed by atoms with Gasteiger partial charge in [-0.1, -0.05) is 0 Å². The van der Waals surface area contributed by atoms with E-state index in [1.807, 2.05) is 0 Å². The predicted molar refractivity (Wildman–Crippen MR) is 81.8 cm³/mol. The minimum atomic E-state index is 0.110. The molecule has 0 unspecified atom stereocenters. The number of nitrogens with zero attached hydrogens (tertiary/aromatic N) is 3. The molecule has 2 heterocycles. The van der Waals surface area contributed by atoms with Crippen molar-refractivity contribution in [3.63, 3.8) is 0 Å². The third-order valence-electron chi connectivity index (χ3n) is 4.54. The second-order valence-electron chi connectivity index (χ2n) is 6.31. The highest BCUT2D eigenvalue weighted by Crippen LogP contribution is 2.11. The lowest BCUT2D eigenvalue weighted by molar-refractivity contribution is -0.119.